The lowest BCUT2D eigenvalue weighted by molar-refractivity contribution is -0.146. The Kier molecular flexibility index (Phi) is 4.50. The van der Waals surface area contributed by atoms with E-state index in [0.717, 1.165) is 0 Å². The normalized spacial score (nSPS) is 24.6. The minimum absolute atomic E-state index is 0.0490. The molecule has 2 aliphatic rings. The van der Waals surface area contributed by atoms with Crippen LogP contribution in [0.4, 0.5) is 13.2 Å². The number of morpholine rings is 1. The van der Waals surface area contributed by atoms with Crippen molar-refractivity contribution in [2.24, 2.45) is 5.92 Å². The first kappa shape index (κ1) is 17.1. The number of hydrogen-bond donors (Lipinski definition) is 0. The molecule has 1 saturated heterocycles. The van der Waals surface area contributed by atoms with E-state index in [0.29, 0.717) is 38.3 Å². The molecule has 2 heterocycles. The fraction of sp³-hybridized carbons (Fsp3) is 0.688. The van der Waals surface area contributed by atoms with Gasteiger partial charge in [-0.05, 0) is 33.1 Å². The summed E-state index contributed by atoms with van der Waals surface area (Å²) in [5, 5.41) is 0. The minimum atomic E-state index is -4.53. The summed E-state index contributed by atoms with van der Waals surface area (Å²) in [6, 6.07) is -0.0519. The lowest BCUT2D eigenvalue weighted by Crippen LogP contribution is -2.50. The van der Waals surface area contributed by atoms with Crippen molar-refractivity contribution in [3.8, 4) is 0 Å². The number of nitrogens with zero attached hydrogens (tertiary/aromatic N) is 3. The quantitative estimate of drug-likeness (QED) is 0.784. The van der Waals surface area contributed by atoms with Gasteiger partial charge in [0.05, 0.1) is 19.3 Å². The third kappa shape index (κ3) is 3.24. The Bertz CT molecular complexity index is 648. The fourth-order valence-corrected chi connectivity index (χ4v) is 3.47. The van der Waals surface area contributed by atoms with E-state index >= 15 is 0 Å². The second-order valence-corrected chi connectivity index (χ2v) is 6.44. The molecule has 0 bridgehead atoms. The van der Waals surface area contributed by atoms with Gasteiger partial charge >= 0.3 is 6.18 Å². The van der Waals surface area contributed by atoms with Crippen LogP contribution in [0.25, 0.3) is 0 Å². The number of hydrogen-bond acceptors (Lipinski definition) is 4. The lowest BCUT2D eigenvalue weighted by atomic mass is 9.84. The van der Waals surface area contributed by atoms with Crippen LogP contribution in [0, 0.1) is 12.8 Å². The highest BCUT2D eigenvalue weighted by Gasteiger charge is 2.41. The molecular formula is C16H20F3N3O2. The molecular weight excluding hydrogens is 323 g/mol. The number of amides is 1. The summed E-state index contributed by atoms with van der Waals surface area (Å²) in [7, 11) is 0. The topological polar surface area (TPSA) is 55.3 Å². The summed E-state index contributed by atoms with van der Waals surface area (Å²) in [4.78, 5) is 22.2. The summed E-state index contributed by atoms with van der Waals surface area (Å²) < 4.78 is 45.2. The Balaban J connectivity index is 1.87. The van der Waals surface area contributed by atoms with Gasteiger partial charge in [-0.1, -0.05) is 0 Å². The van der Waals surface area contributed by atoms with Crippen molar-refractivity contribution in [1.82, 2.24) is 14.9 Å². The standard InChI is InChI=1S/C16H20F3N3O2/c1-9-8-24-6-5-22(9)15(23)11-3-4-13-12(7-11)14(16(17,18)19)21-10(2)20-13/h9,11H,3-8H2,1-2H3. The van der Waals surface area contributed by atoms with Crippen molar-refractivity contribution in [3.63, 3.8) is 0 Å². The van der Waals surface area contributed by atoms with Crippen LogP contribution in [0.1, 0.15) is 36.1 Å². The number of fused-ring (bicyclic) bond motifs is 1. The number of carbonyl (C=O) groups excluding carboxylic acids is 1. The first-order valence-electron chi connectivity index (χ1n) is 8.09. The van der Waals surface area contributed by atoms with Gasteiger partial charge in [-0.3, -0.25) is 4.79 Å². The van der Waals surface area contributed by atoms with Crippen molar-refractivity contribution in [2.45, 2.75) is 45.3 Å². The molecule has 1 aromatic heterocycles. The number of carbonyl (C=O) groups is 1. The van der Waals surface area contributed by atoms with Gasteiger partial charge in [-0.2, -0.15) is 13.2 Å². The second-order valence-electron chi connectivity index (χ2n) is 6.44. The molecule has 2 unspecified atom stereocenters. The Hall–Kier alpha value is -1.70. The van der Waals surface area contributed by atoms with Gasteiger partial charge in [0.15, 0.2) is 5.69 Å². The van der Waals surface area contributed by atoms with E-state index in [-0.39, 0.29) is 29.8 Å². The number of rotatable bonds is 1. The fourth-order valence-electron chi connectivity index (χ4n) is 3.47. The Labute approximate surface area is 138 Å². The average molecular weight is 343 g/mol. The van der Waals surface area contributed by atoms with Crippen LogP contribution >= 0.6 is 0 Å². The zero-order valence-electron chi connectivity index (χ0n) is 13.7. The molecule has 1 aliphatic carbocycles. The molecule has 1 aliphatic heterocycles. The van der Waals surface area contributed by atoms with E-state index in [4.69, 9.17) is 4.74 Å². The third-order valence-corrected chi connectivity index (χ3v) is 4.65. The summed E-state index contributed by atoms with van der Waals surface area (Å²) in [6.45, 7) is 4.77. The van der Waals surface area contributed by atoms with Crippen molar-refractivity contribution < 1.29 is 22.7 Å². The molecule has 8 heteroatoms. The van der Waals surface area contributed by atoms with Crippen LogP contribution in [0.2, 0.25) is 0 Å². The Morgan fingerprint density at radius 3 is 2.75 bits per heavy atom. The maximum Gasteiger partial charge on any atom is 0.433 e. The third-order valence-electron chi connectivity index (χ3n) is 4.65. The van der Waals surface area contributed by atoms with Gasteiger partial charge in [0.2, 0.25) is 5.91 Å². The van der Waals surface area contributed by atoms with Crippen molar-refractivity contribution >= 4 is 5.91 Å². The molecule has 1 amide bonds. The lowest BCUT2D eigenvalue weighted by Gasteiger charge is -2.37. The molecule has 24 heavy (non-hydrogen) atoms. The molecule has 0 aromatic carbocycles. The predicted molar refractivity (Wildman–Crippen MR) is 79.3 cm³/mol. The van der Waals surface area contributed by atoms with E-state index in [1.54, 1.807) is 4.90 Å². The molecule has 1 aromatic rings. The maximum absolute atomic E-state index is 13.3. The van der Waals surface area contributed by atoms with E-state index in [1.165, 1.54) is 6.92 Å². The minimum Gasteiger partial charge on any atom is -0.377 e. The Morgan fingerprint density at radius 1 is 1.33 bits per heavy atom. The molecule has 0 spiro atoms. The monoisotopic (exact) mass is 343 g/mol. The van der Waals surface area contributed by atoms with Crippen LogP contribution < -0.4 is 0 Å². The van der Waals surface area contributed by atoms with Crippen molar-refractivity contribution in [1.29, 1.82) is 0 Å². The number of alkyl halides is 3. The van der Waals surface area contributed by atoms with E-state index in [9.17, 15) is 18.0 Å². The van der Waals surface area contributed by atoms with Gasteiger partial charge in [-0.25, -0.2) is 9.97 Å². The van der Waals surface area contributed by atoms with Gasteiger partial charge in [0.25, 0.3) is 0 Å². The van der Waals surface area contributed by atoms with Gasteiger partial charge in [-0.15, -0.1) is 0 Å². The van der Waals surface area contributed by atoms with Crippen LogP contribution in [-0.4, -0.2) is 46.6 Å². The van der Waals surface area contributed by atoms with Gasteiger partial charge in [0.1, 0.15) is 5.82 Å². The van der Waals surface area contributed by atoms with Crippen LogP contribution in [-0.2, 0) is 28.5 Å². The first-order valence-corrected chi connectivity index (χ1v) is 8.09. The average Bonchev–Trinajstić information content (AvgIpc) is 2.52. The van der Waals surface area contributed by atoms with Crippen LogP contribution in [0.3, 0.4) is 0 Å². The highest BCUT2D eigenvalue weighted by molar-refractivity contribution is 5.80. The molecule has 0 radical (unpaired) electrons. The largest absolute Gasteiger partial charge is 0.433 e. The summed E-state index contributed by atoms with van der Waals surface area (Å²) in [5.41, 5.74) is -0.384. The van der Waals surface area contributed by atoms with Crippen molar-refractivity contribution in [3.05, 3.63) is 22.8 Å². The van der Waals surface area contributed by atoms with Crippen molar-refractivity contribution in [2.75, 3.05) is 19.8 Å². The number of halogens is 3. The van der Waals surface area contributed by atoms with E-state index in [2.05, 4.69) is 9.97 Å². The highest BCUT2D eigenvalue weighted by atomic mass is 19.4. The second kappa shape index (κ2) is 6.31. The number of ether oxygens (including phenoxy) is 1. The number of aryl methyl sites for hydroxylation is 2. The zero-order valence-corrected chi connectivity index (χ0v) is 13.7. The predicted octanol–water partition coefficient (Wildman–Crippen LogP) is 2.16. The summed E-state index contributed by atoms with van der Waals surface area (Å²) in [6.07, 6.45) is -3.59. The summed E-state index contributed by atoms with van der Waals surface area (Å²) in [5.74, 6) is -0.428. The molecule has 5 nitrogen and oxygen atoms in total. The highest BCUT2D eigenvalue weighted by Crippen LogP contribution is 2.36. The SMILES string of the molecule is Cc1nc2c(c(C(F)(F)F)n1)CC(C(=O)N1CCOCC1C)CC2. The first-order chi connectivity index (χ1) is 11.3. The molecule has 2 atom stereocenters. The van der Waals surface area contributed by atoms with Crippen LogP contribution in [0.15, 0.2) is 0 Å². The molecule has 132 valence electrons. The van der Waals surface area contributed by atoms with E-state index < -0.39 is 17.8 Å². The number of aromatic nitrogens is 2. The zero-order chi connectivity index (χ0) is 17.5. The van der Waals surface area contributed by atoms with Crippen LogP contribution in [0.5, 0.6) is 0 Å². The smallest absolute Gasteiger partial charge is 0.377 e. The maximum atomic E-state index is 13.3. The molecule has 0 N–H and O–H groups in total. The molecule has 3 rings (SSSR count). The molecule has 1 fully saturated rings. The van der Waals surface area contributed by atoms with Gasteiger partial charge < -0.3 is 9.64 Å². The summed E-state index contributed by atoms with van der Waals surface area (Å²) >= 11 is 0. The van der Waals surface area contributed by atoms with Gasteiger partial charge in [0, 0.05) is 23.7 Å². The Morgan fingerprint density at radius 2 is 2.08 bits per heavy atom. The molecule has 0 saturated carbocycles. The van der Waals surface area contributed by atoms with E-state index in [1.807, 2.05) is 6.92 Å².